The number of aromatic nitrogens is 1. The molecule has 4 nitrogen and oxygen atoms in total. The molecule has 1 aliphatic carbocycles. The van der Waals surface area contributed by atoms with Gasteiger partial charge < -0.3 is 9.15 Å². The number of carbonyl (C=O) groups is 1. The smallest absolute Gasteiger partial charge is 0.376 e. The summed E-state index contributed by atoms with van der Waals surface area (Å²) in [5.41, 5.74) is 0.727. The van der Waals surface area contributed by atoms with Gasteiger partial charge in [0, 0.05) is 5.92 Å². The van der Waals surface area contributed by atoms with Crippen molar-refractivity contribution in [1.82, 2.24) is 4.98 Å². The number of nitrogens with zero attached hydrogens (tertiary/aromatic N) is 1. The summed E-state index contributed by atoms with van der Waals surface area (Å²) >= 11 is 0. The first-order valence-electron chi connectivity index (χ1n) is 6.43. The SMILES string of the molecule is CCOC(=O)c1oc(C2CCCC2)nc1CC. The van der Waals surface area contributed by atoms with E-state index in [1.807, 2.05) is 6.92 Å². The zero-order valence-corrected chi connectivity index (χ0v) is 10.5. The molecule has 0 atom stereocenters. The van der Waals surface area contributed by atoms with Crippen LogP contribution in [0.2, 0.25) is 0 Å². The van der Waals surface area contributed by atoms with E-state index in [4.69, 9.17) is 9.15 Å². The van der Waals surface area contributed by atoms with Gasteiger partial charge in [-0.25, -0.2) is 9.78 Å². The largest absolute Gasteiger partial charge is 0.460 e. The van der Waals surface area contributed by atoms with E-state index >= 15 is 0 Å². The Bertz CT molecular complexity index is 391. The van der Waals surface area contributed by atoms with Gasteiger partial charge in [0.25, 0.3) is 0 Å². The average Bonchev–Trinajstić information content (AvgIpc) is 2.97. The Hall–Kier alpha value is -1.32. The zero-order chi connectivity index (χ0) is 12.3. The van der Waals surface area contributed by atoms with Crippen molar-refractivity contribution in [2.45, 2.75) is 51.9 Å². The van der Waals surface area contributed by atoms with Crippen molar-refractivity contribution in [3.63, 3.8) is 0 Å². The van der Waals surface area contributed by atoms with E-state index in [1.165, 1.54) is 12.8 Å². The molecule has 0 saturated heterocycles. The van der Waals surface area contributed by atoms with E-state index in [0.717, 1.165) is 24.4 Å². The van der Waals surface area contributed by atoms with Gasteiger partial charge in [0.15, 0.2) is 5.89 Å². The lowest BCUT2D eigenvalue weighted by Gasteiger charge is -2.01. The number of aryl methyl sites for hydroxylation is 1. The lowest BCUT2D eigenvalue weighted by molar-refractivity contribution is 0.0485. The molecule has 0 aromatic carbocycles. The molecule has 0 spiro atoms. The van der Waals surface area contributed by atoms with E-state index in [9.17, 15) is 4.79 Å². The van der Waals surface area contributed by atoms with Crippen LogP contribution in [-0.4, -0.2) is 17.6 Å². The van der Waals surface area contributed by atoms with Crippen LogP contribution in [0.4, 0.5) is 0 Å². The van der Waals surface area contributed by atoms with Gasteiger partial charge in [-0.3, -0.25) is 0 Å². The highest BCUT2D eigenvalue weighted by atomic mass is 16.5. The molecule has 1 fully saturated rings. The van der Waals surface area contributed by atoms with Crippen LogP contribution >= 0.6 is 0 Å². The fourth-order valence-corrected chi connectivity index (χ4v) is 2.31. The second-order valence-electron chi connectivity index (χ2n) is 4.38. The van der Waals surface area contributed by atoms with Crippen molar-refractivity contribution >= 4 is 5.97 Å². The molecule has 17 heavy (non-hydrogen) atoms. The van der Waals surface area contributed by atoms with Crippen LogP contribution in [0.15, 0.2) is 4.42 Å². The highest BCUT2D eigenvalue weighted by Gasteiger charge is 2.26. The topological polar surface area (TPSA) is 52.3 Å². The summed E-state index contributed by atoms with van der Waals surface area (Å²) in [7, 11) is 0. The molecule has 1 aromatic heterocycles. The predicted octanol–water partition coefficient (Wildman–Crippen LogP) is 3.07. The Morgan fingerprint density at radius 1 is 1.41 bits per heavy atom. The van der Waals surface area contributed by atoms with Crippen LogP contribution in [-0.2, 0) is 11.2 Å². The van der Waals surface area contributed by atoms with Gasteiger partial charge in [-0.2, -0.15) is 0 Å². The molecule has 0 N–H and O–H groups in total. The van der Waals surface area contributed by atoms with Crippen molar-refractivity contribution in [2.75, 3.05) is 6.61 Å². The predicted molar refractivity (Wildman–Crippen MR) is 63.0 cm³/mol. The van der Waals surface area contributed by atoms with E-state index in [1.54, 1.807) is 6.92 Å². The molecule has 1 saturated carbocycles. The number of esters is 1. The van der Waals surface area contributed by atoms with E-state index in [0.29, 0.717) is 24.7 Å². The van der Waals surface area contributed by atoms with Gasteiger partial charge >= 0.3 is 5.97 Å². The summed E-state index contributed by atoms with van der Waals surface area (Å²) in [4.78, 5) is 16.1. The maximum atomic E-state index is 11.7. The number of hydrogen-bond acceptors (Lipinski definition) is 4. The first-order chi connectivity index (χ1) is 8.26. The lowest BCUT2D eigenvalue weighted by atomic mass is 10.1. The number of carbonyl (C=O) groups excluding carboxylic acids is 1. The van der Waals surface area contributed by atoms with Crippen LogP contribution < -0.4 is 0 Å². The van der Waals surface area contributed by atoms with Crippen LogP contribution in [0, 0.1) is 0 Å². The van der Waals surface area contributed by atoms with Crippen molar-refractivity contribution in [3.05, 3.63) is 17.3 Å². The van der Waals surface area contributed by atoms with Crippen LogP contribution in [0.1, 0.15) is 67.6 Å². The summed E-state index contributed by atoms with van der Waals surface area (Å²) in [6.45, 7) is 4.12. The second-order valence-corrected chi connectivity index (χ2v) is 4.38. The van der Waals surface area contributed by atoms with Gasteiger partial charge in [0.05, 0.1) is 12.3 Å². The third-order valence-electron chi connectivity index (χ3n) is 3.21. The van der Waals surface area contributed by atoms with Gasteiger partial charge in [0.1, 0.15) is 0 Å². The summed E-state index contributed by atoms with van der Waals surface area (Å²) in [6.07, 6.45) is 5.38. The van der Waals surface area contributed by atoms with Gasteiger partial charge in [0.2, 0.25) is 5.76 Å². The molecule has 1 aliphatic rings. The molecular weight excluding hydrogens is 218 g/mol. The molecule has 94 valence electrons. The Morgan fingerprint density at radius 3 is 2.71 bits per heavy atom. The molecule has 4 heteroatoms. The third-order valence-corrected chi connectivity index (χ3v) is 3.21. The number of oxazole rings is 1. The van der Waals surface area contributed by atoms with Crippen molar-refractivity contribution in [2.24, 2.45) is 0 Å². The quantitative estimate of drug-likeness (QED) is 0.755. The monoisotopic (exact) mass is 237 g/mol. The number of hydrogen-bond donors (Lipinski definition) is 0. The minimum Gasteiger partial charge on any atom is -0.460 e. The normalized spacial score (nSPS) is 16.4. The van der Waals surface area contributed by atoms with Gasteiger partial charge in [-0.05, 0) is 26.2 Å². The Labute approximate surface area is 101 Å². The van der Waals surface area contributed by atoms with Crippen molar-refractivity contribution < 1.29 is 13.9 Å². The molecule has 2 rings (SSSR count). The maximum absolute atomic E-state index is 11.7. The van der Waals surface area contributed by atoms with Crippen molar-refractivity contribution in [1.29, 1.82) is 0 Å². The fourth-order valence-electron chi connectivity index (χ4n) is 2.31. The van der Waals surface area contributed by atoms with Crippen LogP contribution in [0.5, 0.6) is 0 Å². The van der Waals surface area contributed by atoms with Crippen LogP contribution in [0.3, 0.4) is 0 Å². The molecule has 0 radical (unpaired) electrons. The fraction of sp³-hybridized carbons (Fsp3) is 0.692. The van der Waals surface area contributed by atoms with Crippen LogP contribution in [0.25, 0.3) is 0 Å². The molecule has 0 amide bonds. The standard InChI is InChI=1S/C13H19NO3/c1-3-10-11(13(15)16-4-2)17-12(14-10)9-7-5-6-8-9/h9H,3-8H2,1-2H3. The molecule has 0 bridgehead atoms. The first-order valence-corrected chi connectivity index (χ1v) is 6.43. The summed E-state index contributed by atoms with van der Waals surface area (Å²) in [5.74, 6) is 1.03. The van der Waals surface area contributed by atoms with Gasteiger partial charge in [-0.15, -0.1) is 0 Å². The van der Waals surface area contributed by atoms with Crippen molar-refractivity contribution in [3.8, 4) is 0 Å². The second kappa shape index (κ2) is 5.34. The lowest BCUT2D eigenvalue weighted by Crippen LogP contribution is -2.05. The average molecular weight is 237 g/mol. The minimum atomic E-state index is -0.388. The molecular formula is C13H19NO3. The molecule has 1 aromatic rings. The molecule has 1 heterocycles. The Morgan fingerprint density at radius 2 is 2.12 bits per heavy atom. The zero-order valence-electron chi connectivity index (χ0n) is 10.5. The van der Waals surface area contributed by atoms with Gasteiger partial charge in [-0.1, -0.05) is 19.8 Å². The summed E-state index contributed by atoms with van der Waals surface area (Å²) < 4.78 is 10.6. The number of ether oxygens (including phenoxy) is 1. The Kier molecular flexibility index (Phi) is 3.82. The summed E-state index contributed by atoms with van der Waals surface area (Å²) in [5, 5.41) is 0. The first kappa shape index (κ1) is 12.1. The highest BCUT2D eigenvalue weighted by Crippen LogP contribution is 2.34. The Balaban J connectivity index is 2.22. The number of rotatable bonds is 4. The minimum absolute atomic E-state index is 0.302. The third kappa shape index (κ3) is 2.51. The van der Waals surface area contributed by atoms with E-state index in [2.05, 4.69) is 4.98 Å². The summed E-state index contributed by atoms with van der Waals surface area (Å²) in [6, 6.07) is 0. The highest BCUT2D eigenvalue weighted by molar-refractivity contribution is 5.87. The molecule has 0 aliphatic heterocycles. The maximum Gasteiger partial charge on any atom is 0.376 e. The van der Waals surface area contributed by atoms with E-state index in [-0.39, 0.29) is 5.97 Å². The van der Waals surface area contributed by atoms with E-state index < -0.39 is 0 Å². The molecule has 0 unspecified atom stereocenters.